The molecule has 1 saturated carbocycles. The molecule has 2 rings (SSSR count). The summed E-state index contributed by atoms with van der Waals surface area (Å²) >= 11 is 0. The quantitative estimate of drug-likeness (QED) is 0.830. The Kier molecular flexibility index (Phi) is 4.41. The molecule has 0 aromatic heterocycles. The maximum Gasteiger partial charge on any atom is 0.0211 e. The Morgan fingerprint density at radius 3 is 2.44 bits per heavy atom. The standard InChI is InChI=1S/C16H26N2/c1-12-6-5-7-13(2)16(12)11-17-10-14(3)18(4)15-8-9-15/h5-7,14-15,17H,8-11H2,1-4H3. The normalized spacial score (nSPS) is 17.2. The van der Waals surface area contributed by atoms with E-state index < -0.39 is 0 Å². The van der Waals surface area contributed by atoms with E-state index in [1.165, 1.54) is 29.5 Å². The lowest BCUT2D eigenvalue weighted by Crippen LogP contribution is -2.39. The fourth-order valence-electron chi connectivity index (χ4n) is 2.52. The van der Waals surface area contributed by atoms with Crippen molar-refractivity contribution in [2.24, 2.45) is 0 Å². The van der Waals surface area contributed by atoms with Crippen LogP contribution in [-0.4, -0.2) is 30.6 Å². The van der Waals surface area contributed by atoms with Crippen molar-refractivity contribution in [1.29, 1.82) is 0 Å². The summed E-state index contributed by atoms with van der Waals surface area (Å²) in [6, 6.07) is 8.01. The van der Waals surface area contributed by atoms with E-state index in [0.717, 1.165) is 19.1 Å². The Morgan fingerprint density at radius 2 is 1.89 bits per heavy atom. The zero-order chi connectivity index (χ0) is 13.1. The third kappa shape index (κ3) is 3.33. The fraction of sp³-hybridized carbons (Fsp3) is 0.625. The molecule has 0 heterocycles. The molecule has 0 aliphatic heterocycles. The highest BCUT2D eigenvalue weighted by atomic mass is 15.2. The number of aryl methyl sites for hydroxylation is 2. The number of likely N-dealkylation sites (N-methyl/N-ethyl adjacent to an activating group) is 1. The van der Waals surface area contributed by atoms with E-state index in [0.29, 0.717) is 6.04 Å². The van der Waals surface area contributed by atoms with Crippen molar-refractivity contribution in [2.75, 3.05) is 13.6 Å². The van der Waals surface area contributed by atoms with Gasteiger partial charge in [-0.3, -0.25) is 4.90 Å². The van der Waals surface area contributed by atoms with Gasteiger partial charge in [-0.05, 0) is 57.4 Å². The van der Waals surface area contributed by atoms with Gasteiger partial charge >= 0.3 is 0 Å². The van der Waals surface area contributed by atoms with Crippen molar-refractivity contribution >= 4 is 0 Å². The van der Waals surface area contributed by atoms with Gasteiger partial charge in [0.15, 0.2) is 0 Å². The predicted octanol–water partition coefficient (Wildman–Crippen LogP) is 2.88. The van der Waals surface area contributed by atoms with E-state index in [2.05, 4.69) is 56.2 Å². The van der Waals surface area contributed by atoms with Crippen LogP contribution in [0.1, 0.15) is 36.5 Å². The van der Waals surface area contributed by atoms with Gasteiger partial charge in [-0.15, -0.1) is 0 Å². The third-order valence-electron chi connectivity index (χ3n) is 4.20. The molecule has 0 saturated heterocycles. The largest absolute Gasteiger partial charge is 0.311 e. The maximum absolute atomic E-state index is 3.60. The van der Waals surface area contributed by atoms with E-state index in [4.69, 9.17) is 0 Å². The SMILES string of the molecule is Cc1cccc(C)c1CNCC(C)N(C)C1CC1. The van der Waals surface area contributed by atoms with Gasteiger partial charge < -0.3 is 5.32 Å². The zero-order valence-electron chi connectivity index (χ0n) is 12.2. The number of hydrogen-bond acceptors (Lipinski definition) is 2. The van der Waals surface area contributed by atoms with Gasteiger partial charge in [0, 0.05) is 25.2 Å². The van der Waals surface area contributed by atoms with Crippen molar-refractivity contribution in [3.8, 4) is 0 Å². The highest BCUT2D eigenvalue weighted by Gasteiger charge is 2.28. The molecule has 18 heavy (non-hydrogen) atoms. The van der Waals surface area contributed by atoms with Crippen molar-refractivity contribution in [3.05, 3.63) is 34.9 Å². The monoisotopic (exact) mass is 246 g/mol. The smallest absolute Gasteiger partial charge is 0.0211 e. The molecule has 100 valence electrons. The first-order valence-corrected chi connectivity index (χ1v) is 7.07. The van der Waals surface area contributed by atoms with Crippen LogP contribution in [0.25, 0.3) is 0 Å². The van der Waals surface area contributed by atoms with Crippen molar-refractivity contribution in [3.63, 3.8) is 0 Å². The number of nitrogens with zero attached hydrogens (tertiary/aromatic N) is 1. The summed E-state index contributed by atoms with van der Waals surface area (Å²) in [6.07, 6.45) is 2.77. The number of hydrogen-bond donors (Lipinski definition) is 1. The van der Waals surface area contributed by atoms with Gasteiger partial charge in [-0.2, -0.15) is 0 Å². The summed E-state index contributed by atoms with van der Waals surface area (Å²) in [5.41, 5.74) is 4.25. The molecule has 0 spiro atoms. The van der Waals surface area contributed by atoms with Crippen LogP contribution in [0.5, 0.6) is 0 Å². The number of rotatable bonds is 6. The zero-order valence-corrected chi connectivity index (χ0v) is 12.2. The average Bonchev–Trinajstić information content (AvgIpc) is 3.16. The van der Waals surface area contributed by atoms with Crippen molar-refractivity contribution < 1.29 is 0 Å². The first kappa shape index (κ1) is 13.6. The van der Waals surface area contributed by atoms with Crippen LogP contribution in [0.3, 0.4) is 0 Å². The summed E-state index contributed by atoms with van der Waals surface area (Å²) in [5, 5.41) is 3.60. The Morgan fingerprint density at radius 1 is 1.28 bits per heavy atom. The van der Waals surface area contributed by atoms with E-state index >= 15 is 0 Å². The molecule has 1 aliphatic carbocycles. The van der Waals surface area contributed by atoms with Crippen LogP contribution in [0.15, 0.2) is 18.2 Å². The van der Waals surface area contributed by atoms with E-state index in [1.807, 2.05) is 0 Å². The van der Waals surface area contributed by atoms with Crippen LogP contribution in [-0.2, 0) is 6.54 Å². The fourth-order valence-corrected chi connectivity index (χ4v) is 2.52. The molecular formula is C16H26N2. The third-order valence-corrected chi connectivity index (χ3v) is 4.20. The minimum atomic E-state index is 0.627. The first-order valence-electron chi connectivity index (χ1n) is 7.07. The second-order valence-corrected chi connectivity index (χ2v) is 5.75. The molecule has 0 bridgehead atoms. The van der Waals surface area contributed by atoms with Gasteiger partial charge in [0.25, 0.3) is 0 Å². The number of benzene rings is 1. The molecule has 0 radical (unpaired) electrons. The molecule has 1 aromatic carbocycles. The van der Waals surface area contributed by atoms with Crippen LogP contribution in [0, 0.1) is 13.8 Å². The molecule has 1 aromatic rings. The number of nitrogens with one attached hydrogen (secondary N) is 1. The minimum absolute atomic E-state index is 0.627. The van der Waals surface area contributed by atoms with E-state index in [9.17, 15) is 0 Å². The summed E-state index contributed by atoms with van der Waals surface area (Å²) < 4.78 is 0. The molecule has 1 unspecified atom stereocenters. The average molecular weight is 246 g/mol. The first-order chi connectivity index (χ1) is 8.59. The lowest BCUT2D eigenvalue weighted by atomic mass is 10.0. The van der Waals surface area contributed by atoms with Gasteiger partial charge in [-0.1, -0.05) is 18.2 Å². The second-order valence-electron chi connectivity index (χ2n) is 5.75. The molecular weight excluding hydrogens is 220 g/mol. The van der Waals surface area contributed by atoms with Crippen LogP contribution >= 0.6 is 0 Å². The molecule has 1 N–H and O–H groups in total. The van der Waals surface area contributed by atoms with Crippen LogP contribution in [0.2, 0.25) is 0 Å². The predicted molar refractivity (Wildman–Crippen MR) is 77.9 cm³/mol. The Labute approximate surface area is 111 Å². The maximum atomic E-state index is 3.60. The highest BCUT2D eigenvalue weighted by Crippen LogP contribution is 2.26. The van der Waals surface area contributed by atoms with E-state index in [-0.39, 0.29) is 0 Å². The molecule has 2 heteroatoms. The van der Waals surface area contributed by atoms with E-state index in [1.54, 1.807) is 0 Å². The molecule has 1 fully saturated rings. The summed E-state index contributed by atoms with van der Waals surface area (Å²) in [7, 11) is 2.25. The van der Waals surface area contributed by atoms with Crippen molar-refractivity contribution in [2.45, 2.75) is 52.2 Å². The highest BCUT2D eigenvalue weighted by molar-refractivity contribution is 5.33. The second kappa shape index (κ2) is 5.85. The molecule has 0 amide bonds. The van der Waals surface area contributed by atoms with Gasteiger partial charge in [0.05, 0.1) is 0 Å². The summed E-state index contributed by atoms with van der Waals surface area (Å²) in [6.45, 7) is 8.77. The minimum Gasteiger partial charge on any atom is -0.311 e. The molecule has 1 atom stereocenters. The van der Waals surface area contributed by atoms with Crippen LogP contribution in [0.4, 0.5) is 0 Å². The summed E-state index contributed by atoms with van der Waals surface area (Å²) in [5.74, 6) is 0. The molecule has 2 nitrogen and oxygen atoms in total. The molecule has 1 aliphatic rings. The Balaban J connectivity index is 1.81. The summed E-state index contributed by atoms with van der Waals surface area (Å²) in [4.78, 5) is 2.51. The van der Waals surface area contributed by atoms with Gasteiger partial charge in [-0.25, -0.2) is 0 Å². The lowest BCUT2D eigenvalue weighted by molar-refractivity contribution is 0.241. The Bertz CT molecular complexity index is 376. The lowest BCUT2D eigenvalue weighted by Gasteiger charge is -2.25. The van der Waals surface area contributed by atoms with Gasteiger partial charge in [0.1, 0.15) is 0 Å². The topological polar surface area (TPSA) is 15.3 Å². The van der Waals surface area contributed by atoms with Crippen molar-refractivity contribution in [1.82, 2.24) is 10.2 Å². The van der Waals surface area contributed by atoms with Crippen LogP contribution < -0.4 is 5.32 Å². The van der Waals surface area contributed by atoms with Gasteiger partial charge in [0.2, 0.25) is 0 Å². The Hall–Kier alpha value is -0.860.